The van der Waals surface area contributed by atoms with Crippen LogP contribution in [-0.4, -0.2) is 16.8 Å². The fourth-order valence-electron chi connectivity index (χ4n) is 4.52. The maximum Gasteiger partial charge on any atom is 0.300 e. The van der Waals surface area contributed by atoms with Gasteiger partial charge < -0.3 is 9.52 Å². The molecule has 1 fully saturated rings. The summed E-state index contributed by atoms with van der Waals surface area (Å²) < 4.78 is 5.90. The lowest BCUT2D eigenvalue weighted by atomic mass is 9.95. The second-order valence-electron chi connectivity index (χ2n) is 8.36. The lowest BCUT2D eigenvalue weighted by Gasteiger charge is -2.25. The topological polar surface area (TPSA) is 70.8 Å². The number of rotatable bonds is 3. The minimum absolute atomic E-state index is 0.0200. The van der Waals surface area contributed by atoms with E-state index in [9.17, 15) is 14.7 Å². The predicted octanol–water partition coefficient (Wildman–Crippen LogP) is 5.98. The number of aliphatic hydroxyl groups excluding tert-OH is 1. The summed E-state index contributed by atoms with van der Waals surface area (Å²) >= 11 is 0. The van der Waals surface area contributed by atoms with Crippen LogP contribution in [0.15, 0.2) is 82.8 Å². The van der Waals surface area contributed by atoms with Crippen LogP contribution in [0, 0.1) is 20.8 Å². The van der Waals surface area contributed by atoms with Gasteiger partial charge >= 0.3 is 0 Å². The van der Waals surface area contributed by atoms with E-state index in [1.54, 1.807) is 25.1 Å². The van der Waals surface area contributed by atoms with Crippen LogP contribution in [0.3, 0.4) is 0 Å². The molecule has 1 aliphatic rings. The van der Waals surface area contributed by atoms with Crippen LogP contribution in [0.4, 0.5) is 5.69 Å². The number of benzene rings is 3. The average molecular weight is 437 g/mol. The Kier molecular flexibility index (Phi) is 4.90. The third-order valence-corrected chi connectivity index (χ3v) is 6.36. The first-order chi connectivity index (χ1) is 15.9. The van der Waals surface area contributed by atoms with Crippen LogP contribution in [0.2, 0.25) is 0 Å². The Bertz CT molecular complexity index is 1450. The molecule has 1 amide bonds. The van der Waals surface area contributed by atoms with Crippen LogP contribution in [0.25, 0.3) is 16.5 Å². The van der Waals surface area contributed by atoms with Gasteiger partial charge in [0.05, 0.1) is 5.57 Å². The number of aliphatic hydroxyl groups is 1. The van der Waals surface area contributed by atoms with Crippen molar-refractivity contribution in [3.05, 3.63) is 107 Å². The maximum atomic E-state index is 13.4. The second-order valence-corrected chi connectivity index (χ2v) is 8.36. The van der Waals surface area contributed by atoms with E-state index in [0.717, 1.165) is 21.9 Å². The smallest absolute Gasteiger partial charge is 0.300 e. The van der Waals surface area contributed by atoms with Crippen molar-refractivity contribution in [2.24, 2.45) is 0 Å². The van der Waals surface area contributed by atoms with Crippen molar-refractivity contribution in [3.63, 3.8) is 0 Å². The van der Waals surface area contributed by atoms with Gasteiger partial charge in [-0.25, -0.2) is 0 Å². The van der Waals surface area contributed by atoms with Gasteiger partial charge in [-0.05, 0) is 60.9 Å². The molecule has 1 saturated heterocycles. The zero-order valence-electron chi connectivity index (χ0n) is 18.6. The van der Waals surface area contributed by atoms with Gasteiger partial charge in [0.2, 0.25) is 0 Å². The molecule has 5 rings (SSSR count). The number of furan rings is 1. The van der Waals surface area contributed by atoms with Gasteiger partial charge in [-0.15, -0.1) is 0 Å². The average Bonchev–Trinajstić information content (AvgIpc) is 3.36. The number of nitrogens with zero attached hydrogens (tertiary/aromatic N) is 1. The second kappa shape index (κ2) is 7.78. The highest BCUT2D eigenvalue weighted by molar-refractivity contribution is 6.51. The quantitative estimate of drug-likeness (QED) is 0.243. The molecular weight excluding hydrogens is 414 g/mol. The molecule has 1 unspecified atom stereocenters. The monoisotopic (exact) mass is 437 g/mol. The van der Waals surface area contributed by atoms with Gasteiger partial charge in [0.25, 0.3) is 11.7 Å². The predicted molar refractivity (Wildman–Crippen MR) is 128 cm³/mol. The molecule has 1 aromatic heterocycles. The number of Topliss-reactive ketones (excluding diaryl/α,β-unsaturated/α-hetero) is 1. The highest BCUT2D eigenvalue weighted by Gasteiger charge is 2.49. The number of fused-ring (bicyclic) bond motifs is 1. The van der Waals surface area contributed by atoms with Crippen LogP contribution in [-0.2, 0) is 9.59 Å². The molecule has 5 heteroatoms. The molecule has 2 heterocycles. The van der Waals surface area contributed by atoms with Crippen molar-refractivity contribution in [3.8, 4) is 0 Å². The van der Waals surface area contributed by atoms with E-state index in [1.807, 2.05) is 68.4 Å². The summed E-state index contributed by atoms with van der Waals surface area (Å²) in [4.78, 5) is 28.2. The number of carbonyl (C=O) groups is 2. The Morgan fingerprint density at radius 1 is 0.879 bits per heavy atom. The van der Waals surface area contributed by atoms with E-state index in [-0.39, 0.29) is 11.3 Å². The molecule has 1 aliphatic heterocycles. The van der Waals surface area contributed by atoms with Gasteiger partial charge in [-0.1, -0.05) is 54.6 Å². The van der Waals surface area contributed by atoms with E-state index in [0.29, 0.717) is 22.8 Å². The third kappa shape index (κ3) is 3.24. The maximum absolute atomic E-state index is 13.4. The molecular formula is C28H23NO4. The van der Waals surface area contributed by atoms with Gasteiger partial charge in [-0.3, -0.25) is 14.5 Å². The molecule has 4 aromatic rings. The van der Waals surface area contributed by atoms with E-state index in [2.05, 4.69) is 0 Å². The number of hydrogen-bond acceptors (Lipinski definition) is 4. The van der Waals surface area contributed by atoms with Gasteiger partial charge in [0.1, 0.15) is 23.3 Å². The summed E-state index contributed by atoms with van der Waals surface area (Å²) in [7, 11) is 0. The molecule has 0 bridgehead atoms. The van der Waals surface area contributed by atoms with Gasteiger partial charge in [0.15, 0.2) is 0 Å². The fourth-order valence-corrected chi connectivity index (χ4v) is 4.52. The number of amides is 1. The van der Waals surface area contributed by atoms with Crippen molar-refractivity contribution in [2.75, 3.05) is 4.90 Å². The van der Waals surface area contributed by atoms with E-state index in [4.69, 9.17) is 4.42 Å². The van der Waals surface area contributed by atoms with Crippen molar-refractivity contribution in [1.82, 2.24) is 0 Å². The minimum Gasteiger partial charge on any atom is -0.507 e. The summed E-state index contributed by atoms with van der Waals surface area (Å²) in [5.41, 5.74) is 3.02. The van der Waals surface area contributed by atoms with Crippen molar-refractivity contribution in [1.29, 1.82) is 0 Å². The lowest BCUT2D eigenvalue weighted by molar-refractivity contribution is -0.132. The van der Waals surface area contributed by atoms with Crippen molar-refractivity contribution < 1.29 is 19.1 Å². The first-order valence-electron chi connectivity index (χ1n) is 10.8. The van der Waals surface area contributed by atoms with Gasteiger partial charge in [-0.2, -0.15) is 0 Å². The summed E-state index contributed by atoms with van der Waals surface area (Å²) in [5, 5.41) is 13.2. The van der Waals surface area contributed by atoms with Crippen LogP contribution in [0.5, 0.6) is 0 Å². The normalized spacial score (nSPS) is 17.8. The Morgan fingerprint density at radius 2 is 1.61 bits per heavy atom. The Balaban J connectivity index is 1.80. The molecule has 0 spiro atoms. The highest BCUT2D eigenvalue weighted by Crippen LogP contribution is 2.44. The molecule has 1 atom stereocenters. The number of anilines is 1. The number of aryl methyl sites for hydroxylation is 2. The first kappa shape index (κ1) is 20.8. The largest absolute Gasteiger partial charge is 0.507 e. The Hall–Kier alpha value is -4.12. The van der Waals surface area contributed by atoms with Gasteiger partial charge in [0, 0.05) is 11.3 Å². The molecule has 33 heavy (non-hydrogen) atoms. The molecule has 164 valence electrons. The molecule has 1 N–H and O–H groups in total. The zero-order valence-corrected chi connectivity index (χ0v) is 18.6. The standard InChI is InChI=1S/C28H23NO4/c1-16-8-6-13-22(18(16)3)29-25(23-15-14-17(2)33-23)24(27(31)28(29)32)26(30)21-12-7-10-19-9-4-5-11-20(19)21/h4-15,25,30H,1-3H3/b26-24-. The summed E-state index contributed by atoms with van der Waals surface area (Å²) in [5.74, 6) is -0.557. The van der Waals surface area contributed by atoms with Crippen molar-refractivity contribution in [2.45, 2.75) is 26.8 Å². The van der Waals surface area contributed by atoms with E-state index in [1.165, 1.54) is 4.90 Å². The van der Waals surface area contributed by atoms with Crippen LogP contribution >= 0.6 is 0 Å². The van der Waals surface area contributed by atoms with Crippen molar-refractivity contribution >= 4 is 33.9 Å². The highest BCUT2D eigenvalue weighted by atomic mass is 16.3. The molecule has 0 aliphatic carbocycles. The molecule has 3 aromatic carbocycles. The summed E-state index contributed by atoms with van der Waals surface area (Å²) in [6.07, 6.45) is 0. The number of hydrogen-bond donors (Lipinski definition) is 1. The SMILES string of the molecule is Cc1ccc(C2/C(=C(/O)c3cccc4ccccc34)C(=O)C(=O)N2c2cccc(C)c2C)o1. The molecule has 5 nitrogen and oxygen atoms in total. The third-order valence-electron chi connectivity index (χ3n) is 6.36. The fraction of sp³-hybridized carbons (Fsp3) is 0.143. The van der Waals surface area contributed by atoms with Crippen LogP contribution < -0.4 is 4.90 Å². The zero-order chi connectivity index (χ0) is 23.3. The summed E-state index contributed by atoms with van der Waals surface area (Å²) in [6.45, 7) is 5.68. The first-order valence-corrected chi connectivity index (χ1v) is 10.8. The van der Waals surface area contributed by atoms with E-state index < -0.39 is 17.7 Å². The van der Waals surface area contributed by atoms with Crippen LogP contribution in [0.1, 0.15) is 34.3 Å². The number of ketones is 1. The lowest BCUT2D eigenvalue weighted by Crippen LogP contribution is -2.30. The Morgan fingerprint density at radius 3 is 2.36 bits per heavy atom. The minimum atomic E-state index is -0.877. The molecule has 0 radical (unpaired) electrons. The number of carbonyl (C=O) groups excluding carboxylic acids is 2. The Labute approximate surface area is 191 Å². The van der Waals surface area contributed by atoms with E-state index >= 15 is 0 Å². The molecule has 0 saturated carbocycles. The summed E-state index contributed by atoms with van der Waals surface area (Å²) in [6, 6.07) is 21.4.